The van der Waals surface area contributed by atoms with Crippen LogP contribution >= 0.6 is 23.2 Å². The Hall–Kier alpha value is -1.81. The highest BCUT2D eigenvalue weighted by Crippen LogP contribution is 2.28. The Morgan fingerprint density at radius 1 is 1.21 bits per heavy atom. The summed E-state index contributed by atoms with van der Waals surface area (Å²) in [5.74, 6) is 0.365. The largest absolute Gasteiger partial charge is 0.482 e. The van der Waals surface area contributed by atoms with Gasteiger partial charge in [0.05, 0.1) is 5.02 Å². The molecule has 1 amide bonds. The minimum absolute atomic E-state index is 0.0907. The predicted octanol–water partition coefficient (Wildman–Crippen LogP) is 2.51. The molecule has 0 saturated carbocycles. The van der Waals surface area contributed by atoms with Crippen molar-refractivity contribution in [3.8, 4) is 5.75 Å². The lowest BCUT2D eigenvalue weighted by atomic mass is 10.3. The molecule has 1 fully saturated rings. The van der Waals surface area contributed by atoms with Crippen LogP contribution in [0.1, 0.15) is 11.5 Å². The number of carbonyl (C=O) groups is 1. The van der Waals surface area contributed by atoms with Crippen LogP contribution in [0.5, 0.6) is 5.75 Å². The fourth-order valence-corrected chi connectivity index (χ4v) is 5.15. The van der Waals surface area contributed by atoms with Gasteiger partial charge in [0.15, 0.2) is 12.4 Å². The number of benzene rings is 1. The molecule has 0 aliphatic carbocycles. The Bertz CT molecular complexity index is 965. The van der Waals surface area contributed by atoms with Crippen molar-refractivity contribution in [1.82, 2.24) is 14.4 Å². The quantitative estimate of drug-likeness (QED) is 0.698. The first-order chi connectivity index (χ1) is 13.2. The third-order valence-electron chi connectivity index (χ3n) is 4.40. The predicted molar refractivity (Wildman–Crippen MR) is 103 cm³/mol. The summed E-state index contributed by atoms with van der Waals surface area (Å²) in [6.07, 6.45) is 0. The molecule has 2 aromatic rings. The number of aryl methyl sites for hydroxylation is 2. The zero-order valence-corrected chi connectivity index (χ0v) is 17.6. The number of sulfonamides is 1. The Morgan fingerprint density at radius 3 is 2.46 bits per heavy atom. The summed E-state index contributed by atoms with van der Waals surface area (Å²) in [7, 11) is -3.72. The average molecular weight is 448 g/mol. The van der Waals surface area contributed by atoms with Crippen LogP contribution in [0.2, 0.25) is 10.0 Å². The van der Waals surface area contributed by atoms with Crippen molar-refractivity contribution < 1.29 is 22.5 Å². The number of halogens is 2. The first-order valence-electron chi connectivity index (χ1n) is 8.49. The Morgan fingerprint density at radius 2 is 1.89 bits per heavy atom. The molecule has 1 saturated heterocycles. The van der Waals surface area contributed by atoms with Crippen molar-refractivity contribution in [3.05, 3.63) is 39.7 Å². The molecule has 152 valence electrons. The van der Waals surface area contributed by atoms with Crippen molar-refractivity contribution in [2.75, 3.05) is 32.8 Å². The summed E-state index contributed by atoms with van der Waals surface area (Å²) < 4.78 is 37.4. The normalized spacial score (nSPS) is 15.6. The fourth-order valence-electron chi connectivity index (χ4n) is 2.97. The van der Waals surface area contributed by atoms with Crippen molar-refractivity contribution >= 4 is 39.1 Å². The van der Waals surface area contributed by atoms with Crippen molar-refractivity contribution in [1.29, 1.82) is 0 Å². The Kier molecular flexibility index (Phi) is 6.18. The zero-order valence-electron chi connectivity index (χ0n) is 15.3. The lowest BCUT2D eigenvalue weighted by Gasteiger charge is -2.33. The van der Waals surface area contributed by atoms with E-state index in [-0.39, 0.29) is 49.3 Å². The molecule has 3 rings (SSSR count). The lowest BCUT2D eigenvalue weighted by Crippen LogP contribution is -2.51. The van der Waals surface area contributed by atoms with Crippen LogP contribution in [0.4, 0.5) is 0 Å². The monoisotopic (exact) mass is 447 g/mol. The molecule has 1 aromatic heterocycles. The van der Waals surface area contributed by atoms with Crippen LogP contribution in [0.3, 0.4) is 0 Å². The van der Waals surface area contributed by atoms with Gasteiger partial charge in [0.1, 0.15) is 16.3 Å². The number of hydrogen-bond acceptors (Lipinski definition) is 6. The summed E-state index contributed by atoms with van der Waals surface area (Å²) in [6, 6.07) is 4.74. The summed E-state index contributed by atoms with van der Waals surface area (Å²) in [6.45, 7) is 3.84. The second kappa shape index (κ2) is 8.28. The molecule has 2 heterocycles. The highest BCUT2D eigenvalue weighted by atomic mass is 35.5. The van der Waals surface area contributed by atoms with Gasteiger partial charge in [0, 0.05) is 31.2 Å². The second-order valence-corrected chi connectivity index (χ2v) is 9.02. The summed E-state index contributed by atoms with van der Waals surface area (Å²) >= 11 is 11.9. The van der Waals surface area contributed by atoms with Gasteiger partial charge in [0.2, 0.25) is 10.0 Å². The van der Waals surface area contributed by atoms with Crippen LogP contribution < -0.4 is 4.74 Å². The van der Waals surface area contributed by atoms with Gasteiger partial charge in [-0.3, -0.25) is 4.79 Å². The molecule has 1 aromatic carbocycles. The van der Waals surface area contributed by atoms with E-state index in [2.05, 4.69) is 5.16 Å². The van der Waals surface area contributed by atoms with Gasteiger partial charge in [-0.05, 0) is 32.0 Å². The summed E-state index contributed by atoms with van der Waals surface area (Å²) in [4.78, 5) is 14.0. The average Bonchev–Trinajstić information content (AvgIpc) is 3.00. The molecule has 0 unspecified atom stereocenters. The van der Waals surface area contributed by atoms with Gasteiger partial charge in [-0.2, -0.15) is 4.31 Å². The lowest BCUT2D eigenvalue weighted by molar-refractivity contribution is -0.134. The van der Waals surface area contributed by atoms with Crippen molar-refractivity contribution in [3.63, 3.8) is 0 Å². The van der Waals surface area contributed by atoms with E-state index < -0.39 is 10.0 Å². The topological polar surface area (TPSA) is 93.0 Å². The minimum atomic E-state index is -3.72. The molecule has 0 bridgehead atoms. The first-order valence-corrected chi connectivity index (χ1v) is 10.7. The van der Waals surface area contributed by atoms with Crippen LogP contribution in [-0.2, 0) is 14.8 Å². The van der Waals surface area contributed by atoms with Gasteiger partial charge in [-0.1, -0.05) is 28.4 Å². The standard InChI is InChI=1S/C17H19Cl2N3O5S/c1-11-17(12(2)27-20-11)28(24,25)22-7-5-21(6-8-22)16(23)10-26-15-4-3-13(18)9-14(15)19/h3-4,9H,5-8,10H2,1-2H3. The maximum atomic E-state index is 12.8. The van der Waals surface area contributed by atoms with E-state index in [9.17, 15) is 13.2 Å². The molecular weight excluding hydrogens is 429 g/mol. The number of amides is 1. The number of hydrogen-bond donors (Lipinski definition) is 0. The zero-order chi connectivity index (χ0) is 20.5. The Labute approximate surface area is 173 Å². The number of carbonyl (C=O) groups excluding carboxylic acids is 1. The molecule has 1 aliphatic heterocycles. The smallest absolute Gasteiger partial charge is 0.260 e. The van der Waals surface area contributed by atoms with E-state index in [4.69, 9.17) is 32.5 Å². The van der Waals surface area contributed by atoms with Crippen molar-refractivity contribution in [2.24, 2.45) is 0 Å². The van der Waals surface area contributed by atoms with Gasteiger partial charge >= 0.3 is 0 Å². The van der Waals surface area contributed by atoms with Gasteiger partial charge in [-0.15, -0.1) is 0 Å². The van der Waals surface area contributed by atoms with E-state index in [1.165, 1.54) is 10.4 Å². The minimum Gasteiger partial charge on any atom is -0.482 e. The molecule has 0 N–H and O–H groups in total. The molecule has 1 aliphatic rings. The molecule has 0 spiro atoms. The number of ether oxygens (including phenoxy) is 1. The number of nitrogens with zero attached hydrogens (tertiary/aromatic N) is 3. The highest BCUT2D eigenvalue weighted by Gasteiger charge is 2.34. The van der Waals surface area contributed by atoms with E-state index in [0.717, 1.165) is 0 Å². The van der Waals surface area contributed by atoms with Crippen LogP contribution in [0, 0.1) is 13.8 Å². The van der Waals surface area contributed by atoms with E-state index in [1.807, 2.05) is 0 Å². The number of rotatable bonds is 5. The first kappa shape index (κ1) is 20.9. The fraction of sp³-hybridized carbons (Fsp3) is 0.412. The number of aromatic nitrogens is 1. The molecule has 0 radical (unpaired) electrons. The molecular formula is C17H19Cl2N3O5S. The van der Waals surface area contributed by atoms with E-state index in [1.54, 1.807) is 30.9 Å². The SMILES string of the molecule is Cc1noc(C)c1S(=O)(=O)N1CCN(C(=O)COc2ccc(Cl)cc2Cl)CC1. The van der Waals surface area contributed by atoms with E-state index >= 15 is 0 Å². The molecule has 8 nitrogen and oxygen atoms in total. The van der Waals surface area contributed by atoms with E-state index in [0.29, 0.717) is 21.5 Å². The van der Waals surface area contributed by atoms with Crippen LogP contribution in [-0.4, -0.2) is 61.5 Å². The highest BCUT2D eigenvalue weighted by molar-refractivity contribution is 7.89. The molecule has 11 heteroatoms. The third kappa shape index (κ3) is 4.27. The molecule has 28 heavy (non-hydrogen) atoms. The van der Waals surface area contributed by atoms with Gasteiger partial charge in [-0.25, -0.2) is 8.42 Å². The summed E-state index contributed by atoms with van der Waals surface area (Å²) in [5, 5.41) is 4.49. The maximum Gasteiger partial charge on any atom is 0.260 e. The van der Waals surface area contributed by atoms with Gasteiger partial charge in [0.25, 0.3) is 5.91 Å². The second-order valence-electron chi connectivity index (χ2n) is 6.30. The van der Waals surface area contributed by atoms with Gasteiger partial charge < -0.3 is 14.2 Å². The number of piperazine rings is 1. The summed E-state index contributed by atoms with van der Waals surface area (Å²) in [5.41, 5.74) is 0.323. The van der Waals surface area contributed by atoms with Crippen molar-refractivity contribution in [2.45, 2.75) is 18.7 Å². The molecule has 0 atom stereocenters. The Balaban J connectivity index is 1.58. The van der Waals surface area contributed by atoms with Crippen LogP contribution in [0.25, 0.3) is 0 Å². The van der Waals surface area contributed by atoms with Crippen LogP contribution in [0.15, 0.2) is 27.6 Å². The third-order valence-corrected chi connectivity index (χ3v) is 7.08. The maximum absolute atomic E-state index is 12.8.